The van der Waals surface area contributed by atoms with Crippen LogP contribution in [0, 0.1) is 5.82 Å². The zero-order valence-corrected chi connectivity index (χ0v) is 10.8. The fourth-order valence-electron chi connectivity index (χ4n) is 1.73. The molecule has 0 amide bonds. The van der Waals surface area contributed by atoms with Crippen molar-refractivity contribution in [2.24, 2.45) is 0 Å². The molecule has 0 fully saturated rings. The van der Waals surface area contributed by atoms with E-state index in [0.29, 0.717) is 11.3 Å². The summed E-state index contributed by atoms with van der Waals surface area (Å²) in [5.74, 6) is -0.313. The van der Waals surface area contributed by atoms with Gasteiger partial charge in [0, 0.05) is 12.6 Å². The molecule has 0 spiro atoms. The summed E-state index contributed by atoms with van der Waals surface area (Å²) in [4.78, 5) is 11.9. The average molecular weight is 261 g/mol. The first kappa shape index (κ1) is 13.3. The summed E-state index contributed by atoms with van der Waals surface area (Å²) in [5.41, 5.74) is 1.22. The second kappa shape index (κ2) is 6.13. The minimum absolute atomic E-state index is 0.203. The molecule has 1 heterocycles. The first-order chi connectivity index (χ1) is 9.19. The molecule has 2 rings (SSSR count). The van der Waals surface area contributed by atoms with E-state index in [2.05, 4.69) is 10.4 Å². The molecule has 5 heteroatoms. The van der Waals surface area contributed by atoms with Crippen LogP contribution >= 0.6 is 0 Å². The molecule has 2 aromatic rings. The molecule has 0 bridgehead atoms. The number of anilines is 1. The molecule has 1 aromatic carbocycles. The molecule has 0 unspecified atom stereocenters. The predicted octanol–water partition coefficient (Wildman–Crippen LogP) is 2.25. The topological polar surface area (TPSA) is 46.9 Å². The normalized spacial score (nSPS) is 10.4. The van der Waals surface area contributed by atoms with Crippen LogP contribution in [0.5, 0.6) is 0 Å². The summed E-state index contributed by atoms with van der Waals surface area (Å²) < 4.78 is 14.4. The number of hydrogen-bond acceptors (Lipinski definition) is 3. The fraction of sp³-hybridized carbons (Fsp3) is 0.286. The van der Waals surface area contributed by atoms with E-state index in [1.165, 1.54) is 22.9 Å². The molecule has 4 nitrogen and oxygen atoms in total. The highest BCUT2D eigenvalue weighted by Crippen LogP contribution is 2.05. The lowest BCUT2D eigenvalue weighted by Gasteiger charge is -2.07. The van der Waals surface area contributed by atoms with Crippen LogP contribution in [0.15, 0.2) is 41.3 Å². The van der Waals surface area contributed by atoms with Gasteiger partial charge in [-0.25, -0.2) is 9.07 Å². The molecule has 0 aliphatic rings. The van der Waals surface area contributed by atoms with Gasteiger partial charge >= 0.3 is 0 Å². The summed E-state index contributed by atoms with van der Waals surface area (Å²) in [6.07, 6.45) is 2.59. The Kier molecular flexibility index (Phi) is 4.28. The van der Waals surface area contributed by atoms with Crippen LogP contribution in [0.3, 0.4) is 0 Å². The molecular formula is C14H16FN3O. The maximum atomic E-state index is 13.1. The van der Waals surface area contributed by atoms with Gasteiger partial charge in [0.15, 0.2) is 0 Å². The Morgan fingerprint density at radius 3 is 2.89 bits per heavy atom. The Balaban J connectivity index is 2.15. The van der Waals surface area contributed by atoms with E-state index >= 15 is 0 Å². The maximum absolute atomic E-state index is 13.1. The van der Waals surface area contributed by atoms with Crippen molar-refractivity contribution in [2.75, 3.05) is 11.9 Å². The van der Waals surface area contributed by atoms with E-state index in [1.54, 1.807) is 18.3 Å². The lowest BCUT2D eigenvalue weighted by Crippen LogP contribution is -2.23. The van der Waals surface area contributed by atoms with Gasteiger partial charge in [-0.15, -0.1) is 0 Å². The lowest BCUT2D eigenvalue weighted by molar-refractivity contribution is 0.610. The Hall–Kier alpha value is -2.17. The van der Waals surface area contributed by atoms with Gasteiger partial charge in [-0.3, -0.25) is 4.79 Å². The molecule has 0 atom stereocenters. The van der Waals surface area contributed by atoms with E-state index in [1.807, 2.05) is 6.92 Å². The summed E-state index contributed by atoms with van der Waals surface area (Å²) in [6.45, 7) is 3.12. The molecular weight excluding hydrogens is 245 g/mol. The highest BCUT2D eigenvalue weighted by Gasteiger charge is 2.02. The Labute approximate surface area is 110 Å². The van der Waals surface area contributed by atoms with Crippen molar-refractivity contribution in [3.05, 3.63) is 58.3 Å². The first-order valence-corrected chi connectivity index (χ1v) is 6.24. The third-order valence-electron chi connectivity index (χ3n) is 2.67. The van der Waals surface area contributed by atoms with Crippen LogP contribution in [-0.2, 0) is 6.54 Å². The molecule has 19 heavy (non-hydrogen) atoms. The first-order valence-electron chi connectivity index (χ1n) is 6.24. The number of rotatable bonds is 5. The lowest BCUT2D eigenvalue weighted by atomic mass is 10.2. The molecule has 1 aromatic heterocycles. The van der Waals surface area contributed by atoms with Gasteiger partial charge < -0.3 is 5.32 Å². The van der Waals surface area contributed by atoms with Gasteiger partial charge in [0.1, 0.15) is 5.82 Å². The number of hydrogen-bond donors (Lipinski definition) is 1. The fourth-order valence-corrected chi connectivity index (χ4v) is 1.73. The van der Waals surface area contributed by atoms with Gasteiger partial charge in [-0.1, -0.05) is 19.1 Å². The molecule has 0 aliphatic heterocycles. The van der Waals surface area contributed by atoms with Crippen LogP contribution in [0.25, 0.3) is 0 Å². The Bertz CT molecular complexity index is 610. The summed E-state index contributed by atoms with van der Waals surface area (Å²) in [7, 11) is 0. The van der Waals surface area contributed by atoms with E-state index in [9.17, 15) is 9.18 Å². The van der Waals surface area contributed by atoms with Crippen molar-refractivity contribution >= 4 is 5.69 Å². The highest BCUT2D eigenvalue weighted by atomic mass is 19.1. The monoisotopic (exact) mass is 261 g/mol. The van der Waals surface area contributed by atoms with Gasteiger partial charge in [-0.2, -0.15) is 5.10 Å². The standard InChI is InChI=1S/C14H16FN3O/c1-2-6-16-13-8-14(19)18(17-9-13)10-11-4-3-5-12(15)7-11/h3-5,7-9,16H,2,6,10H2,1H3. The molecule has 1 N–H and O–H groups in total. The molecule has 100 valence electrons. The van der Waals surface area contributed by atoms with Crippen LogP contribution in [-0.4, -0.2) is 16.3 Å². The SMILES string of the molecule is CCCNc1cnn(Cc2cccc(F)c2)c(=O)c1. The van der Waals surface area contributed by atoms with E-state index < -0.39 is 0 Å². The number of halogens is 1. The maximum Gasteiger partial charge on any atom is 0.269 e. The van der Waals surface area contributed by atoms with Gasteiger partial charge in [0.2, 0.25) is 0 Å². The Morgan fingerprint density at radius 2 is 2.21 bits per heavy atom. The van der Waals surface area contributed by atoms with Crippen LogP contribution in [0.4, 0.5) is 10.1 Å². The number of nitrogens with zero attached hydrogens (tertiary/aromatic N) is 2. The number of aromatic nitrogens is 2. The van der Waals surface area contributed by atoms with E-state index in [-0.39, 0.29) is 17.9 Å². The largest absolute Gasteiger partial charge is 0.384 e. The van der Waals surface area contributed by atoms with Crippen molar-refractivity contribution in [1.82, 2.24) is 9.78 Å². The van der Waals surface area contributed by atoms with E-state index in [4.69, 9.17) is 0 Å². The predicted molar refractivity (Wildman–Crippen MR) is 72.8 cm³/mol. The van der Waals surface area contributed by atoms with Gasteiger partial charge in [0.25, 0.3) is 5.56 Å². The molecule has 0 saturated heterocycles. The van der Waals surface area contributed by atoms with Crippen LogP contribution < -0.4 is 10.9 Å². The second-order valence-corrected chi connectivity index (χ2v) is 4.30. The van der Waals surface area contributed by atoms with Crippen molar-refractivity contribution in [3.63, 3.8) is 0 Å². The third-order valence-corrected chi connectivity index (χ3v) is 2.67. The summed E-state index contributed by atoms with van der Waals surface area (Å²) >= 11 is 0. The zero-order valence-electron chi connectivity index (χ0n) is 10.8. The van der Waals surface area contributed by atoms with Crippen molar-refractivity contribution in [3.8, 4) is 0 Å². The van der Waals surface area contributed by atoms with Crippen molar-refractivity contribution < 1.29 is 4.39 Å². The van der Waals surface area contributed by atoms with Gasteiger partial charge in [-0.05, 0) is 24.1 Å². The Morgan fingerprint density at radius 1 is 1.37 bits per heavy atom. The highest BCUT2D eigenvalue weighted by molar-refractivity contribution is 5.38. The van der Waals surface area contributed by atoms with E-state index in [0.717, 1.165) is 13.0 Å². The molecule has 0 radical (unpaired) electrons. The summed E-state index contributed by atoms with van der Waals surface area (Å²) in [5, 5.41) is 7.17. The summed E-state index contributed by atoms with van der Waals surface area (Å²) in [6, 6.07) is 7.66. The molecule has 0 aliphatic carbocycles. The van der Waals surface area contributed by atoms with Crippen LogP contribution in [0.2, 0.25) is 0 Å². The van der Waals surface area contributed by atoms with Crippen LogP contribution in [0.1, 0.15) is 18.9 Å². The minimum Gasteiger partial charge on any atom is -0.384 e. The zero-order chi connectivity index (χ0) is 13.7. The third kappa shape index (κ3) is 3.64. The smallest absolute Gasteiger partial charge is 0.269 e. The number of benzene rings is 1. The van der Waals surface area contributed by atoms with Crippen molar-refractivity contribution in [2.45, 2.75) is 19.9 Å². The van der Waals surface area contributed by atoms with Crippen molar-refractivity contribution in [1.29, 1.82) is 0 Å². The molecule has 0 saturated carbocycles. The number of nitrogens with one attached hydrogen (secondary N) is 1. The van der Waals surface area contributed by atoms with Gasteiger partial charge in [0.05, 0.1) is 18.4 Å². The minimum atomic E-state index is -0.313. The average Bonchev–Trinajstić information content (AvgIpc) is 2.39. The second-order valence-electron chi connectivity index (χ2n) is 4.30. The quantitative estimate of drug-likeness (QED) is 0.898.